The second-order valence-corrected chi connectivity index (χ2v) is 6.53. The molecular weight excluding hydrogens is 331 g/mol. The van der Waals surface area contributed by atoms with Crippen LogP contribution in [-0.2, 0) is 4.79 Å². The minimum Gasteiger partial charge on any atom is -0.377 e. The van der Waals surface area contributed by atoms with E-state index in [9.17, 15) is 14.4 Å². The summed E-state index contributed by atoms with van der Waals surface area (Å²) in [6.07, 6.45) is 5.94. The van der Waals surface area contributed by atoms with E-state index < -0.39 is 5.82 Å². The minimum atomic E-state index is -0.412. The van der Waals surface area contributed by atoms with E-state index in [2.05, 4.69) is 10.8 Å². The number of nitrogens with zero attached hydrogens (tertiary/aromatic N) is 4. The molecule has 1 heterocycles. The maximum Gasteiger partial charge on any atom is 0.162 e. The van der Waals surface area contributed by atoms with Gasteiger partial charge in [-0.05, 0) is 25.1 Å². The summed E-state index contributed by atoms with van der Waals surface area (Å²) in [5, 5.41) is 9.50. The normalized spacial score (nSPS) is 18.5. The molecular formula is C20H23FN4O. The number of aldehydes is 1. The molecule has 2 rings (SSSR count). The second-order valence-electron chi connectivity index (χ2n) is 6.53. The van der Waals surface area contributed by atoms with Crippen LogP contribution < -0.4 is 4.90 Å². The van der Waals surface area contributed by atoms with Crippen molar-refractivity contribution in [2.45, 2.75) is 13.0 Å². The highest BCUT2D eigenvalue weighted by molar-refractivity contribution is 5.94. The Morgan fingerprint density at radius 1 is 1.46 bits per heavy atom. The summed E-state index contributed by atoms with van der Waals surface area (Å²) in [7, 11) is 3.69. The monoisotopic (exact) mass is 354 g/mol. The number of carbonyl (C=O) groups is 1. The van der Waals surface area contributed by atoms with Gasteiger partial charge in [0.2, 0.25) is 0 Å². The van der Waals surface area contributed by atoms with Crippen molar-refractivity contribution in [1.29, 1.82) is 5.26 Å². The van der Waals surface area contributed by atoms with Gasteiger partial charge in [-0.15, -0.1) is 6.42 Å². The van der Waals surface area contributed by atoms with Crippen LogP contribution in [0.25, 0.3) is 5.70 Å². The Morgan fingerprint density at radius 2 is 2.19 bits per heavy atom. The number of hydrogen-bond acceptors (Lipinski definition) is 5. The van der Waals surface area contributed by atoms with E-state index >= 15 is 0 Å². The molecule has 1 aliphatic rings. The van der Waals surface area contributed by atoms with E-state index in [1.807, 2.05) is 36.9 Å². The van der Waals surface area contributed by atoms with Gasteiger partial charge in [0.25, 0.3) is 0 Å². The van der Waals surface area contributed by atoms with Crippen LogP contribution in [0.2, 0.25) is 0 Å². The Morgan fingerprint density at radius 3 is 2.73 bits per heavy atom. The van der Waals surface area contributed by atoms with E-state index in [4.69, 9.17) is 6.42 Å². The van der Waals surface area contributed by atoms with Crippen molar-refractivity contribution >= 4 is 17.7 Å². The first kappa shape index (κ1) is 19.5. The number of terminal acetylenes is 1. The zero-order valence-electron chi connectivity index (χ0n) is 15.4. The minimum absolute atomic E-state index is 0.00375. The number of hydrogen-bond donors (Lipinski definition) is 0. The number of nitriles is 1. The zero-order valence-corrected chi connectivity index (χ0v) is 15.4. The van der Waals surface area contributed by atoms with Gasteiger partial charge in [-0.3, -0.25) is 9.69 Å². The van der Waals surface area contributed by atoms with E-state index in [-0.39, 0.29) is 11.6 Å². The standard InChI is InChI=1S/C20H23FN4O/c1-5-8-24-9-10-25(15(2)13-24)20(16(12-22)14-26)18-11-17(21)6-7-19(18)23(3)4/h1,6-7,11,14-15H,8-10,13H2,2-4H3/b20-16+. The second kappa shape index (κ2) is 8.51. The molecule has 5 nitrogen and oxygen atoms in total. The van der Waals surface area contributed by atoms with Gasteiger partial charge >= 0.3 is 0 Å². The molecule has 0 spiro atoms. The zero-order chi connectivity index (χ0) is 19.3. The summed E-state index contributed by atoms with van der Waals surface area (Å²) in [5.74, 6) is 2.23. The summed E-state index contributed by atoms with van der Waals surface area (Å²) in [4.78, 5) is 17.6. The Hall–Kier alpha value is -2.83. The number of piperazine rings is 1. The number of allylic oxidation sites excluding steroid dienone is 1. The fourth-order valence-electron chi connectivity index (χ4n) is 3.32. The predicted octanol–water partition coefficient (Wildman–Crippen LogP) is 1.96. The lowest BCUT2D eigenvalue weighted by Crippen LogP contribution is -2.51. The Bertz CT molecular complexity index is 788. The maximum atomic E-state index is 14.0. The van der Waals surface area contributed by atoms with E-state index in [1.165, 1.54) is 12.1 Å². The van der Waals surface area contributed by atoms with Gasteiger partial charge in [0.1, 0.15) is 17.5 Å². The third-order valence-corrected chi connectivity index (χ3v) is 4.50. The van der Waals surface area contributed by atoms with Crippen molar-refractivity contribution < 1.29 is 9.18 Å². The van der Waals surface area contributed by atoms with Crippen molar-refractivity contribution in [2.75, 3.05) is 45.2 Å². The quantitative estimate of drug-likeness (QED) is 0.350. The molecule has 1 fully saturated rings. The molecule has 1 saturated heterocycles. The number of carbonyl (C=O) groups excluding carboxylic acids is 1. The van der Waals surface area contributed by atoms with Crippen LogP contribution in [-0.4, -0.2) is 62.4 Å². The summed E-state index contributed by atoms with van der Waals surface area (Å²) < 4.78 is 14.0. The largest absolute Gasteiger partial charge is 0.377 e. The number of halogens is 1. The van der Waals surface area contributed by atoms with Gasteiger partial charge in [-0.2, -0.15) is 5.26 Å². The van der Waals surface area contributed by atoms with Crippen LogP contribution in [0.1, 0.15) is 12.5 Å². The molecule has 1 aliphatic heterocycles. The summed E-state index contributed by atoms with van der Waals surface area (Å²) in [5.41, 5.74) is 1.75. The van der Waals surface area contributed by atoms with Gasteiger partial charge in [0, 0.05) is 51.0 Å². The molecule has 1 unspecified atom stereocenters. The first-order valence-corrected chi connectivity index (χ1v) is 8.42. The lowest BCUT2D eigenvalue weighted by Gasteiger charge is -2.42. The molecule has 6 heteroatoms. The van der Waals surface area contributed by atoms with E-state index in [0.29, 0.717) is 43.7 Å². The highest BCUT2D eigenvalue weighted by atomic mass is 19.1. The Labute approximate surface area is 154 Å². The van der Waals surface area contributed by atoms with Crippen molar-refractivity contribution in [3.63, 3.8) is 0 Å². The molecule has 0 radical (unpaired) electrons. The summed E-state index contributed by atoms with van der Waals surface area (Å²) in [6.45, 7) is 4.58. The average molecular weight is 354 g/mol. The molecule has 136 valence electrons. The van der Waals surface area contributed by atoms with Crippen molar-refractivity contribution in [3.05, 3.63) is 35.2 Å². The van der Waals surface area contributed by atoms with Gasteiger partial charge in [0.05, 0.1) is 12.2 Å². The fraction of sp³-hybridized carbons (Fsp3) is 0.400. The Balaban J connectivity index is 2.57. The summed E-state index contributed by atoms with van der Waals surface area (Å²) >= 11 is 0. The van der Waals surface area contributed by atoms with Gasteiger partial charge < -0.3 is 9.80 Å². The topological polar surface area (TPSA) is 50.6 Å². The molecule has 0 aromatic heterocycles. The molecule has 1 atom stereocenters. The highest BCUT2D eigenvalue weighted by Crippen LogP contribution is 2.33. The van der Waals surface area contributed by atoms with Crippen molar-refractivity contribution in [1.82, 2.24) is 9.80 Å². The molecule has 1 aromatic rings. The van der Waals surface area contributed by atoms with Crippen LogP contribution >= 0.6 is 0 Å². The van der Waals surface area contributed by atoms with Crippen LogP contribution in [0.5, 0.6) is 0 Å². The fourth-order valence-corrected chi connectivity index (χ4v) is 3.32. The molecule has 0 N–H and O–H groups in total. The maximum absolute atomic E-state index is 14.0. The average Bonchev–Trinajstić information content (AvgIpc) is 2.60. The number of anilines is 1. The molecule has 1 aromatic carbocycles. The number of benzene rings is 1. The third kappa shape index (κ3) is 4.04. The smallest absolute Gasteiger partial charge is 0.162 e. The molecule has 0 amide bonds. The van der Waals surface area contributed by atoms with Crippen LogP contribution in [0.3, 0.4) is 0 Å². The lowest BCUT2D eigenvalue weighted by molar-refractivity contribution is -0.104. The lowest BCUT2D eigenvalue weighted by atomic mass is 10.0. The van der Waals surface area contributed by atoms with E-state index in [0.717, 1.165) is 5.69 Å². The van der Waals surface area contributed by atoms with Gasteiger partial charge in [-0.25, -0.2) is 4.39 Å². The van der Waals surface area contributed by atoms with Crippen LogP contribution in [0.4, 0.5) is 10.1 Å². The van der Waals surface area contributed by atoms with Crippen molar-refractivity contribution in [3.8, 4) is 18.4 Å². The summed E-state index contributed by atoms with van der Waals surface area (Å²) in [6, 6.07) is 6.41. The van der Waals surface area contributed by atoms with Crippen molar-refractivity contribution in [2.24, 2.45) is 0 Å². The molecule has 0 saturated carbocycles. The Kier molecular flexibility index (Phi) is 6.38. The van der Waals surface area contributed by atoms with Gasteiger partial charge in [0.15, 0.2) is 6.29 Å². The first-order chi connectivity index (χ1) is 12.4. The molecule has 0 bridgehead atoms. The number of rotatable bonds is 5. The third-order valence-electron chi connectivity index (χ3n) is 4.50. The van der Waals surface area contributed by atoms with E-state index in [1.54, 1.807) is 6.07 Å². The molecule has 26 heavy (non-hydrogen) atoms. The van der Waals surface area contributed by atoms with Crippen LogP contribution in [0, 0.1) is 29.5 Å². The highest BCUT2D eigenvalue weighted by Gasteiger charge is 2.29. The van der Waals surface area contributed by atoms with Crippen LogP contribution in [0.15, 0.2) is 23.8 Å². The first-order valence-electron chi connectivity index (χ1n) is 8.42. The molecule has 0 aliphatic carbocycles. The SMILES string of the molecule is C#CCN1CCN(/C(=C(\C#N)C=O)c2cc(F)ccc2N(C)C)C(C)C1. The predicted molar refractivity (Wildman–Crippen MR) is 101 cm³/mol. The van der Waals surface area contributed by atoms with Gasteiger partial charge in [-0.1, -0.05) is 5.92 Å².